The van der Waals surface area contributed by atoms with E-state index in [2.05, 4.69) is 30.5 Å². The average molecular weight is 261 g/mol. The summed E-state index contributed by atoms with van der Waals surface area (Å²) in [5, 5.41) is 17.4. The molecule has 0 bridgehead atoms. The molecule has 1 aliphatic carbocycles. The van der Waals surface area contributed by atoms with Crippen LogP contribution in [0.5, 0.6) is 0 Å². The largest absolute Gasteiger partial charge is 0.350 e. The van der Waals surface area contributed by atoms with Crippen molar-refractivity contribution in [3.8, 4) is 0 Å². The van der Waals surface area contributed by atoms with Gasteiger partial charge in [0.05, 0.1) is 18.7 Å². The maximum atomic E-state index is 11.8. The molecule has 0 spiro atoms. The minimum atomic E-state index is -0.103. The maximum Gasteiger partial charge on any atom is 0.226 e. The quantitative estimate of drug-likeness (QED) is 0.832. The number of aryl methyl sites for hydroxylation is 2. The Morgan fingerprint density at radius 2 is 2.26 bits per heavy atom. The van der Waals surface area contributed by atoms with E-state index in [1.54, 1.807) is 6.92 Å². The monoisotopic (exact) mass is 261 g/mol. The van der Waals surface area contributed by atoms with Crippen LogP contribution in [-0.4, -0.2) is 26.4 Å². The summed E-state index contributed by atoms with van der Waals surface area (Å²) in [7, 11) is 0. The molecule has 0 unspecified atom stereocenters. The van der Waals surface area contributed by atoms with Gasteiger partial charge in [-0.25, -0.2) is 4.63 Å². The smallest absolute Gasteiger partial charge is 0.226 e. The first-order chi connectivity index (χ1) is 9.24. The van der Waals surface area contributed by atoms with Crippen molar-refractivity contribution in [1.29, 1.82) is 0 Å². The third-order valence-electron chi connectivity index (χ3n) is 3.42. The Kier molecular flexibility index (Phi) is 3.02. The van der Waals surface area contributed by atoms with Crippen molar-refractivity contribution >= 4 is 5.91 Å². The zero-order valence-electron chi connectivity index (χ0n) is 10.7. The summed E-state index contributed by atoms with van der Waals surface area (Å²) in [6.07, 6.45) is 3.44. The first kappa shape index (κ1) is 11.9. The Labute approximate surface area is 109 Å². The highest BCUT2D eigenvalue weighted by Crippen LogP contribution is 2.22. The fourth-order valence-corrected chi connectivity index (χ4v) is 2.34. The number of aromatic amines is 1. The predicted molar refractivity (Wildman–Crippen MR) is 65.2 cm³/mol. The number of nitrogens with one attached hydrogen (secondary N) is 2. The van der Waals surface area contributed by atoms with Crippen LogP contribution in [-0.2, 0) is 30.6 Å². The van der Waals surface area contributed by atoms with Gasteiger partial charge in [0.15, 0.2) is 0 Å². The summed E-state index contributed by atoms with van der Waals surface area (Å²) >= 11 is 0. The van der Waals surface area contributed by atoms with Gasteiger partial charge in [-0.05, 0) is 31.7 Å². The Hall–Kier alpha value is -2.18. The van der Waals surface area contributed by atoms with Gasteiger partial charge in [-0.3, -0.25) is 9.89 Å². The Morgan fingerprint density at radius 1 is 1.37 bits per heavy atom. The van der Waals surface area contributed by atoms with E-state index in [0.717, 1.165) is 25.0 Å². The summed E-state index contributed by atoms with van der Waals surface area (Å²) in [4.78, 5) is 11.8. The minimum Gasteiger partial charge on any atom is -0.350 e. The number of H-pyrrole nitrogens is 1. The molecule has 0 radical (unpaired) electrons. The normalized spacial score (nSPS) is 13.5. The molecule has 2 N–H and O–H groups in total. The second kappa shape index (κ2) is 4.83. The zero-order chi connectivity index (χ0) is 13.2. The van der Waals surface area contributed by atoms with Crippen molar-refractivity contribution < 1.29 is 9.42 Å². The van der Waals surface area contributed by atoms with Gasteiger partial charge in [-0.15, -0.1) is 0 Å². The highest BCUT2D eigenvalue weighted by molar-refractivity contribution is 5.78. The number of nitrogens with zero attached hydrogens (tertiary/aromatic N) is 3. The number of hydrogen-bond acceptors (Lipinski definition) is 5. The van der Waals surface area contributed by atoms with Crippen LogP contribution in [0.4, 0.5) is 0 Å². The van der Waals surface area contributed by atoms with Crippen molar-refractivity contribution in [2.75, 3.05) is 0 Å². The number of rotatable bonds is 4. The lowest BCUT2D eigenvalue weighted by atomic mass is 10.2. The first-order valence-corrected chi connectivity index (χ1v) is 6.34. The molecule has 7 nitrogen and oxygen atoms in total. The molecule has 3 rings (SSSR count). The third-order valence-corrected chi connectivity index (χ3v) is 3.42. The molecule has 1 amide bonds. The highest BCUT2D eigenvalue weighted by Gasteiger charge is 2.18. The van der Waals surface area contributed by atoms with Gasteiger partial charge in [-0.2, -0.15) is 5.10 Å². The van der Waals surface area contributed by atoms with Crippen molar-refractivity contribution in [2.45, 2.75) is 39.2 Å². The Morgan fingerprint density at radius 3 is 3.05 bits per heavy atom. The number of carbonyl (C=O) groups is 1. The molecule has 0 atom stereocenters. The lowest BCUT2D eigenvalue weighted by Crippen LogP contribution is -2.25. The van der Waals surface area contributed by atoms with E-state index in [4.69, 9.17) is 0 Å². The van der Waals surface area contributed by atoms with Crippen LogP contribution in [0.3, 0.4) is 0 Å². The van der Waals surface area contributed by atoms with Crippen molar-refractivity contribution in [1.82, 2.24) is 25.8 Å². The first-order valence-electron chi connectivity index (χ1n) is 6.34. The minimum absolute atomic E-state index is 0.103. The molecule has 2 aromatic heterocycles. The van der Waals surface area contributed by atoms with Crippen LogP contribution in [0.25, 0.3) is 0 Å². The van der Waals surface area contributed by atoms with Crippen LogP contribution in [0, 0.1) is 6.92 Å². The van der Waals surface area contributed by atoms with E-state index in [1.807, 2.05) is 0 Å². The number of aromatic nitrogens is 4. The van der Waals surface area contributed by atoms with E-state index in [9.17, 15) is 4.79 Å². The lowest BCUT2D eigenvalue weighted by molar-refractivity contribution is -0.120. The SMILES string of the molecule is Cc1nonc1CC(=O)NCc1n[nH]c2c1CCC2. The van der Waals surface area contributed by atoms with Crippen LogP contribution < -0.4 is 5.32 Å². The molecule has 0 aliphatic heterocycles. The molecular formula is C12H15N5O2. The fraction of sp³-hybridized carbons (Fsp3) is 0.500. The summed E-state index contributed by atoms with van der Waals surface area (Å²) in [5.41, 5.74) is 4.64. The van der Waals surface area contributed by atoms with Gasteiger partial charge < -0.3 is 5.32 Å². The topological polar surface area (TPSA) is 96.7 Å². The van der Waals surface area contributed by atoms with E-state index < -0.39 is 0 Å². The molecule has 1 aliphatic rings. The van der Waals surface area contributed by atoms with E-state index in [-0.39, 0.29) is 12.3 Å². The second-order valence-corrected chi connectivity index (χ2v) is 4.73. The van der Waals surface area contributed by atoms with E-state index in [1.165, 1.54) is 11.3 Å². The summed E-state index contributed by atoms with van der Waals surface area (Å²) in [5.74, 6) is -0.103. The standard InChI is InChI=1S/C12H15N5O2/c1-7-10(17-19-16-7)5-12(18)13-6-11-8-3-2-4-9(8)14-15-11/h2-6H2,1H3,(H,13,18)(H,14,15). The van der Waals surface area contributed by atoms with Gasteiger partial charge in [0, 0.05) is 5.69 Å². The molecule has 100 valence electrons. The van der Waals surface area contributed by atoms with Crippen LogP contribution in [0.1, 0.15) is 34.8 Å². The molecule has 2 heterocycles. The number of amides is 1. The molecule has 0 saturated heterocycles. The van der Waals surface area contributed by atoms with Crippen LogP contribution in [0.15, 0.2) is 4.63 Å². The molecular weight excluding hydrogens is 246 g/mol. The number of carbonyl (C=O) groups excluding carboxylic acids is 1. The van der Waals surface area contributed by atoms with Crippen molar-refractivity contribution in [3.63, 3.8) is 0 Å². The summed E-state index contributed by atoms with van der Waals surface area (Å²) < 4.78 is 4.56. The van der Waals surface area contributed by atoms with Gasteiger partial charge in [-0.1, -0.05) is 10.3 Å². The molecule has 19 heavy (non-hydrogen) atoms. The summed E-state index contributed by atoms with van der Waals surface area (Å²) in [6, 6.07) is 0. The van der Waals surface area contributed by atoms with Crippen molar-refractivity contribution in [3.05, 3.63) is 28.3 Å². The Balaban J connectivity index is 1.57. The third kappa shape index (κ3) is 2.35. The molecule has 7 heteroatoms. The molecule has 0 saturated carbocycles. The predicted octanol–water partition coefficient (Wildman–Crippen LogP) is 0.449. The molecule has 2 aromatic rings. The van der Waals surface area contributed by atoms with E-state index >= 15 is 0 Å². The van der Waals surface area contributed by atoms with Gasteiger partial charge >= 0.3 is 0 Å². The van der Waals surface area contributed by atoms with E-state index in [0.29, 0.717) is 17.9 Å². The number of fused-ring (bicyclic) bond motifs is 1. The Bertz CT molecular complexity index is 601. The molecule has 0 fully saturated rings. The molecule has 0 aromatic carbocycles. The van der Waals surface area contributed by atoms with Gasteiger partial charge in [0.1, 0.15) is 11.4 Å². The highest BCUT2D eigenvalue weighted by atomic mass is 16.6. The van der Waals surface area contributed by atoms with Gasteiger partial charge in [0.25, 0.3) is 0 Å². The number of hydrogen-bond donors (Lipinski definition) is 2. The van der Waals surface area contributed by atoms with Crippen LogP contribution in [0.2, 0.25) is 0 Å². The summed E-state index contributed by atoms with van der Waals surface area (Å²) in [6.45, 7) is 2.22. The second-order valence-electron chi connectivity index (χ2n) is 4.73. The maximum absolute atomic E-state index is 11.8. The fourth-order valence-electron chi connectivity index (χ4n) is 2.34. The van der Waals surface area contributed by atoms with Crippen molar-refractivity contribution in [2.24, 2.45) is 0 Å². The average Bonchev–Trinajstić information content (AvgIpc) is 3.05. The van der Waals surface area contributed by atoms with Crippen LogP contribution >= 0.6 is 0 Å². The van der Waals surface area contributed by atoms with Gasteiger partial charge in [0.2, 0.25) is 5.91 Å². The lowest BCUT2D eigenvalue weighted by Gasteiger charge is -2.03. The zero-order valence-corrected chi connectivity index (χ0v) is 10.7.